The molecule has 0 unspecified atom stereocenters. The van der Waals surface area contributed by atoms with Gasteiger partial charge in [-0.3, -0.25) is 14.6 Å². The average molecular weight is 461 g/mol. The van der Waals surface area contributed by atoms with Crippen molar-refractivity contribution in [1.29, 1.82) is 0 Å². The molecule has 0 saturated carbocycles. The number of rotatable bonds is 8. The summed E-state index contributed by atoms with van der Waals surface area (Å²) in [6, 6.07) is 4.22. The van der Waals surface area contributed by atoms with Gasteiger partial charge in [-0.15, -0.1) is 0 Å². The number of carbonyl (C=O) groups excluding carboxylic acids is 1. The summed E-state index contributed by atoms with van der Waals surface area (Å²) in [5.41, 5.74) is 1.39. The summed E-state index contributed by atoms with van der Waals surface area (Å²) in [6.07, 6.45) is 9.64. The van der Waals surface area contributed by atoms with Gasteiger partial charge in [-0.05, 0) is 82.7 Å². The van der Waals surface area contributed by atoms with Crippen LogP contribution in [-0.4, -0.2) is 73.5 Å². The predicted molar refractivity (Wildman–Crippen MR) is 129 cm³/mol. The van der Waals surface area contributed by atoms with Crippen LogP contribution in [0.15, 0.2) is 42.1 Å². The molecule has 0 bridgehead atoms. The van der Waals surface area contributed by atoms with Gasteiger partial charge in [0.25, 0.3) is 0 Å². The molecular weight excluding hydrogens is 422 g/mol. The Morgan fingerprint density at radius 3 is 2.33 bits per heavy atom. The van der Waals surface area contributed by atoms with Crippen molar-refractivity contribution in [1.82, 2.24) is 20.0 Å². The monoisotopic (exact) mass is 460 g/mol. The Hall–Kier alpha value is -2.25. The number of likely N-dealkylation sites (tertiary alicyclic amines) is 2. The van der Waals surface area contributed by atoms with Crippen LogP contribution in [0.5, 0.6) is 0 Å². The fraction of sp³-hybridized carbons (Fsp3) is 0.577. The fourth-order valence-corrected chi connectivity index (χ4v) is 4.87. The molecule has 0 aliphatic carbocycles. The molecule has 2 aliphatic rings. The molecule has 1 aromatic rings. The molecule has 2 heterocycles. The Balaban J connectivity index is 1.44. The van der Waals surface area contributed by atoms with E-state index < -0.39 is 11.6 Å². The van der Waals surface area contributed by atoms with Crippen molar-refractivity contribution in [2.75, 3.05) is 46.8 Å². The Morgan fingerprint density at radius 1 is 1.12 bits per heavy atom. The first-order chi connectivity index (χ1) is 15.9. The highest BCUT2D eigenvalue weighted by molar-refractivity contribution is 5.79. The van der Waals surface area contributed by atoms with Gasteiger partial charge in [-0.2, -0.15) is 0 Å². The average Bonchev–Trinajstić information content (AvgIpc) is 2.84. The lowest BCUT2D eigenvalue weighted by Gasteiger charge is -2.39. The van der Waals surface area contributed by atoms with E-state index >= 15 is 0 Å². The third kappa shape index (κ3) is 6.87. The number of hydrogen-bond donors (Lipinski definition) is 1. The van der Waals surface area contributed by atoms with Crippen molar-refractivity contribution in [2.45, 2.75) is 45.2 Å². The van der Waals surface area contributed by atoms with Gasteiger partial charge in [0.1, 0.15) is 11.6 Å². The van der Waals surface area contributed by atoms with Crippen molar-refractivity contribution in [2.24, 2.45) is 5.92 Å². The van der Waals surface area contributed by atoms with Gasteiger partial charge >= 0.3 is 0 Å². The van der Waals surface area contributed by atoms with Gasteiger partial charge in [-0.1, -0.05) is 12.1 Å². The molecule has 0 radical (unpaired) electrons. The van der Waals surface area contributed by atoms with Gasteiger partial charge in [0, 0.05) is 50.7 Å². The highest BCUT2D eigenvalue weighted by Crippen LogP contribution is 2.25. The molecule has 5 nitrogen and oxygen atoms in total. The quantitative estimate of drug-likeness (QED) is 0.600. The third-order valence-corrected chi connectivity index (χ3v) is 7.05. The summed E-state index contributed by atoms with van der Waals surface area (Å²) in [5.74, 6) is -0.622. The molecule has 2 saturated heterocycles. The van der Waals surface area contributed by atoms with Crippen LogP contribution in [0.1, 0.15) is 38.2 Å². The van der Waals surface area contributed by atoms with Gasteiger partial charge < -0.3 is 10.2 Å². The molecule has 2 aliphatic heterocycles. The minimum atomic E-state index is -0.500. The maximum Gasteiger partial charge on any atom is 0.225 e. The van der Waals surface area contributed by atoms with Crippen molar-refractivity contribution >= 4 is 5.91 Å². The SMILES string of the molecule is C/C=C(\C=C/NC)CN1CCC(C(=O)N2CCC(N(C)Cc3c(F)cccc3F)CC2)CC1. The first kappa shape index (κ1) is 25.4. The number of piperidine rings is 2. The van der Waals surface area contributed by atoms with E-state index in [2.05, 4.69) is 29.3 Å². The maximum atomic E-state index is 14.0. The zero-order valence-electron chi connectivity index (χ0n) is 20.2. The van der Waals surface area contributed by atoms with E-state index in [0.29, 0.717) is 13.1 Å². The molecule has 2 fully saturated rings. The lowest BCUT2D eigenvalue weighted by atomic mass is 9.93. The minimum Gasteiger partial charge on any atom is -0.394 e. The van der Waals surface area contributed by atoms with Crippen LogP contribution in [0.4, 0.5) is 8.78 Å². The van der Waals surface area contributed by atoms with E-state index in [0.717, 1.165) is 45.3 Å². The van der Waals surface area contributed by atoms with E-state index in [1.807, 2.05) is 30.1 Å². The van der Waals surface area contributed by atoms with Crippen molar-refractivity contribution in [3.63, 3.8) is 0 Å². The van der Waals surface area contributed by atoms with Gasteiger partial charge in [0.05, 0.1) is 0 Å². The molecule has 1 amide bonds. The summed E-state index contributed by atoms with van der Waals surface area (Å²) in [6.45, 7) is 6.52. The summed E-state index contributed by atoms with van der Waals surface area (Å²) in [4.78, 5) is 19.5. The predicted octanol–water partition coefficient (Wildman–Crippen LogP) is 3.78. The third-order valence-electron chi connectivity index (χ3n) is 7.05. The van der Waals surface area contributed by atoms with Crippen molar-refractivity contribution in [3.05, 3.63) is 59.3 Å². The number of carbonyl (C=O) groups is 1. The molecule has 3 rings (SSSR count). The fourth-order valence-electron chi connectivity index (χ4n) is 4.87. The van der Waals surface area contributed by atoms with E-state index in [4.69, 9.17) is 0 Å². The first-order valence-electron chi connectivity index (χ1n) is 12.1. The largest absolute Gasteiger partial charge is 0.394 e. The second-order valence-corrected chi connectivity index (χ2v) is 9.21. The number of nitrogens with zero attached hydrogens (tertiary/aromatic N) is 3. The van der Waals surface area contributed by atoms with E-state index in [9.17, 15) is 13.6 Å². The standard InChI is InChI=1S/C26H38F2N4O/c1-4-20(8-13-29-2)18-31-14-9-21(10-15-31)26(33)32-16-11-22(12-17-32)30(3)19-23-24(27)6-5-7-25(23)28/h4-8,13,21-22,29H,9-12,14-19H2,1-3H3/b13-8-,20-4+. The maximum absolute atomic E-state index is 14.0. The van der Waals surface area contributed by atoms with Crippen LogP contribution in [0, 0.1) is 17.6 Å². The molecule has 1 aromatic carbocycles. The van der Waals surface area contributed by atoms with Gasteiger partial charge in [-0.25, -0.2) is 8.78 Å². The summed E-state index contributed by atoms with van der Waals surface area (Å²) >= 11 is 0. The van der Waals surface area contributed by atoms with Crippen molar-refractivity contribution in [3.8, 4) is 0 Å². The molecule has 1 N–H and O–H groups in total. The smallest absolute Gasteiger partial charge is 0.225 e. The van der Waals surface area contributed by atoms with E-state index in [1.165, 1.54) is 23.8 Å². The molecule has 33 heavy (non-hydrogen) atoms. The Labute approximate surface area is 197 Å². The lowest BCUT2D eigenvalue weighted by molar-refractivity contribution is -0.138. The number of hydrogen-bond acceptors (Lipinski definition) is 4. The summed E-state index contributed by atoms with van der Waals surface area (Å²) in [7, 11) is 3.80. The Kier molecular flexibility index (Phi) is 9.44. The van der Waals surface area contributed by atoms with Crippen LogP contribution in [0.3, 0.4) is 0 Å². The number of allylic oxidation sites excluding steroid dienone is 1. The minimum absolute atomic E-state index is 0.102. The second-order valence-electron chi connectivity index (χ2n) is 9.21. The van der Waals surface area contributed by atoms with Crippen LogP contribution >= 0.6 is 0 Å². The number of amides is 1. The number of nitrogens with one attached hydrogen (secondary N) is 1. The highest BCUT2D eigenvalue weighted by Gasteiger charge is 2.32. The van der Waals surface area contributed by atoms with E-state index in [1.54, 1.807) is 0 Å². The van der Waals surface area contributed by atoms with Gasteiger partial charge in [0.15, 0.2) is 0 Å². The Morgan fingerprint density at radius 2 is 1.76 bits per heavy atom. The summed E-state index contributed by atoms with van der Waals surface area (Å²) < 4.78 is 28.0. The van der Waals surface area contributed by atoms with Crippen LogP contribution in [-0.2, 0) is 11.3 Å². The van der Waals surface area contributed by atoms with E-state index in [-0.39, 0.29) is 30.0 Å². The first-order valence-corrected chi connectivity index (χ1v) is 12.1. The Bertz CT molecular complexity index is 820. The topological polar surface area (TPSA) is 38.8 Å². The molecule has 182 valence electrons. The highest BCUT2D eigenvalue weighted by atomic mass is 19.1. The molecule has 7 heteroatoms. The normalized spacial score (nSPS) is 19.6. The number of halogens is 2. The van der Waals surface area contributed by atoms with Crippen molar-refractivity contribution < 1.29 is 13.6 Å². The summed E-state index contributed by atoms with van der Waals surface area (Å²) in [5, 5.41) is 3.03. The molecule has 0 atom stereocenters. The van der Waals surface area contributed by atoms with Crippen LogP contribution < -0.4 is 5.32 Å². The zero-order chi connectivity index (χ0) is 23.8. The second kappa shape index (κ2) is 12.3. The molecular formula is C26H38F2N4O. The molecule has 0 aromatic heterocycles. The number of benzene rings is 1. The van der Waals surface area contributed by atoms with Crippen LogP contribution in [0.2, 0.25) is 0 Å². The van der Waals surface area contributed by atoms with Gasteiger partial charge in [0.2, 0.25) is 5.91 Å². The van der Waals surface area contributed by atoms with Crippen LogP contribution in [0.25, 0.3) is 0 Å². The lowest BCUT2D eigenvalue weighted by Crippen LogP contribution is -2.49. The molecule has 0 spiro atoms. The zero-order valence-corrected chi connectivity index (χ0v) is 20.2.